The molecule has 0 aliphatic heterocycles. The predicted octanol–water partition coefficient (Wildman–Crippen LogP) is 8.95. The van der Waals surface area contributed by atoms with Crippen molar-refractivity contribution in [2.24, 2.45) is 13.0 Å². The number of aryl methyl sites for hydroxylation is 4. The summed E-state index contributed by atoms with van der Waals surface area (Å²) in [4.78, 5) is 18.3. The summed E-state index contributed by atoms with van der Waals surface area (Å²) in [6.45, 7) is 17.9. The summed E-state index contributed by atoms with van der Waals surface area (Å²) in [6, 6.07) is 23.0. The van der Waals surface area contributed by atoms with Crippen LogP contribution in [0.1, 0.15) is 36.2 Å². The monoisotopic (exact) mass is 816 g/mol. The van der Waals surface area contributed by atoms with E-state index in [1.54, 1.807) is 6.20 Å². The van der Waals surface area contributed by atoms with Crippen LogP contribution in [0.25, 0.3) is 55.7 Å². The Balaban J connectivity index is 0.000000188. The Morgan fingerprint density at radius 3 is 2.43 bits per heavy atom. The number of fused-ring (bicyclic) bond motifs is 4. The van der Waals surface area contributed by atoms with E-state index in [0.29, 0.717) is 11.6 Å². The van der Waals surface area contributed by atoms with Crippen molar-refractivity contribution >= 4 is 46.4 Å². The van der Waals surface area contributed by atoms with Crippen molar-refractivity contribution in [3.05, 3.63) is 102 Å². The molecule has 7 aromatic rings. The van der Waals surface area contributed by atoms with Gasteiger partial charge in [0.1, 0.15) is 0 Å². The molecule has 5 aromatic heterocycles. The SMILES string of the molecule is CC(C)Cc1cc(-c2[c-]cccc2)ncc1[Si](C)(C)C.Cc1cc2c(nc1C)oc1c(-c3nc4ccncc4n3C)[c-]cc(C)c12.[Ir]. The molecule has 0 amide bonds. The number of furan rings is 1. The Hall–Kier alpha value is -3.97. The van der Waals surface area contributed by atoms with Crippen LogP contribution >= 0.6 is 0 Å². The van der Waals surface area contributed by atoms with Gasteiger partial charge < -0.3 is 14.0 Å². The van der Waals surface area contributed by atoms with Gasteiger partial charge in [-0.15, -0.1) is 53.6 Å². The molecule has 0 atom stereocenters. The maximum atomic E-state index is 6.19. The molecular formula is C39H41IrN5OSi-2. The molecule has 0 unspecified atom stereocenters. The predicted molar refractivity (Wildman–Crippen MR) is 192 cm³/mol. The number of imidazole rings is 1. The van der Waals surface area contributed by atoms with Gasteiger partial charge in [-0.2, -0.15) is 0 Å². The van der Waals surface area contributed by atoms with E-state index in [4.69, 9.17) is 9.40 Å². The third kappa shape index (κ3) is 6.87. The van der Waals surface area contributed by atoms with E-state index in [9.17, 15) is 0 Å². The Bertz CT molecular complexity index is 2200. The molecule has 1 radical (unpaired) electrons. The first kappa shape index (κ1) is 34.4. The van der Waals surface area contributed by atoms with Gasteiger partial charge in [-0.05, 0) is 54.8 Å². The van der Waals surface area contributed by atoms with Crippen LogP contribution < -0.4 is 5.19 Å². The first-order valence-corrected chi connectivity index (χ1v) is 19.4. The molecule has 5 heterocycles. The zero-order valence-electron chi connectivity index (χ0n) is 28.6. The molecule has 0 N–H and O–H groups in total. The van der Waals surface area contributed by atoms with Gasteiger partial charge in [-0.3, -0.25) is 9.97 Å². The number of rotatable bonds is 5. The molecule has 47 heavy (non-hydrogen) atoms. The number of pyridine rings is 3. The molecule has 2 aromatic carbocycles. The summed E-state index contributed by atoms with van der Waals surface area (Å²) in [7, 11) is 0.646. The topological polar surface area (TPSA) is 69.6 Å². The third-order valence-corrected chi connectivity index (χ3v) is 10.6. The molecule has 0 aliphatic carbocycles. The van der Waals surface area contributed by atoms with Gasteiger partial charge in [-0.1, -0.05) is 63.0 Å². The van der Waals surface area contributed by atoms with Crippen molar-refractivity contribution in [1.82, 2.24) is 24.5 Å². The van der Waals surface area contributed by atoms with E-state index in [1.165, 1.54) is 10.8 Å². The molecule has 7 rings (SSSR count). The molecule has 6 nitrogen and oxygen atoms in total. The number of benzene rings is 2. The maximum Gasteiger partial charge on any atom is 0.216 e. The number of nitrogens with zero attached hydrogens (tertiary/aromatic N) is 5. The zero-order valence-corrected chi connectivity index (χ0v) is 32.0. The molecule has 0 spiro atoms. The summed E-state index contributed by atoms with van der Waals surface area (Å²) in [5.41, 5.74) is 11.0. The fourth-order valence-corrected chi connectivity index (χ4v) is 7.59. The summed E-state index contributed by atoms with van der Waals surface area (Å²) in [6.07, 6.45) is 6.82. The number of aromatic nitrogens is 5. The average molecular weight is 816 g/mol. The quantitative estimate of drug-likeness (QED) is 0.128. The molecule has 0 aliphatic rings. The van der Waals surface area contributed by atoms with Gasteiger partial charge in [0.05, 0.1) is 36.7 Å². The Labute approximate surface area is 292 Å². The van der Waals surface area contributed by atoms with Crippen LogP contribution in [-0.2, 0) is 33.6 Å². The maximum absolute atomic E-state index is 6.19. The molecule has 0 bridgehead atoms. The normalized spacial score (nSPS) is 11.6. The molecule has 243 valence electrons. The van der Waals surface area contributed by atoms with Crippen LogP contribution in [0.2, 0.25) is 19.6 Å². The van der Waals surface area contributed by atoms with Crippen LogP contribution in [0, 0.1) is 38.8 Å². The number of hydrogen-bond acceptors (Lipinski definition) is 5. The molecule has 0 saturated carbocycles. The summed E-state index contributed by atoms with van der Waals surface area (Å²) in [5, 5.41) is 3.61. The first-order valence-electron chi connectivity index (χ1n) is 15.9. The van der Waals surface area contributed by atoms with Gasteiger partial charge in [0.2, 0.25) is 5.71 Å². The first-order chi connectivity index (χ1) is 21.9. The van der Waals surface area contributed by atoms with Gasteiger partial charge in [-0.25, -0.2) is 4.98 Å². The van der Waals surface area contributed by atoms with Crippen molar-refractivity contribution in [2.45, 2.75) is 60.7 Å². The van der Waals surface area contributed by atoms with Gasteiger partial charge in [0.25, 0.3) is 0 Å². The van der Waals surface area contributed by atoms with E-state index in [-0.39, 0.29) is 20.1 Å². The van der Waals surface area contributed by atoms with Crippen LogP contribution in [0.4, 0.5) is 0 Å². The van der Waals surface area contributed by atoms with Gasteiger partial charge in [0, 0.05) is 50.6 Å². The Kier molecular flexibility index (Phi) is 9.97. The molecule has 8 heteroatoms. The minimum Gasteiger partial charge on any atom is -0.486 e. The standard InChI is InChI=1S/C21H17N4O.C18H24NSi.Ir/c1-11-5-6-14(20-24-16-7-8-22-10-17(16)25(20)4)19-18(11)15-9-12(2)13(3)23-21(15)26-19;1-14(2)11-16-12-17(15-9-7-6-8-10-15)19-13-18(16)20(3,4)5;/h5,7-10H,1-4H3;6-9,12-14H,11H2,1-5H3;/q2*-1;. The minimum absolute atomic E-state index is 0. The summed E-state index contributed by atoms with van der Waals surface area (Å²) >= 11 is 0. The van der Waals surface area contributed by atoms with E-state index < -0.39 is 8.07 Å². The summed E-state index contributed by atoms with van der Waals surface area (Å²) in [5.74, 6) is 1.48. The van der Waals surface area contributed by atoms with Crippen molar-refractivity contribution in [1.29, 1.82) is 0 Å². The smallest absolute Gasteiger partial charge is 0.216 e. The van der Waals surface area contributed by atoms with E-state index >= 15 is 0 Å². The van der Waals surface area contributed by atoms with E-state index in [0.717, 1.165) is 73.3 Å². The van der Waals surface area contributed by atoms with Gasteiger partial charge >= 0.3 is 0 Å². The fraction of sp³-hybridized carbons (Fsp3) is 0.282. The average Bonchev–Trinajstić information content (AvgIpc) is 3.55. The van der Waals surface area contributed by atoms with Crippen LogP contribution in [0.5, 0.6) is 0 Å². The fourth-order valence-electron chi connectivity index (χ4n) is 6.00. The van der Waals surface area contributed by atoms with Crippen molar-refractivity contribution < 1.29 is 24.5 Å². The minimum atomic E-state index is -1.34. The van der Waals surface area contributed by atoms with Crippen LogP contribution in [0.15, 0.2) is 71.5 Å². The van der Waals surface area contributed by atoms with Gasteiger partial charge in [0.15, 0.2) is 0 Å². The second-order valence-electron chi connectivity index (χ2n) is 13.6. The zero-order chi connectivity index (χ0) is 32.7. The van der Waals surface area contributed by atoms with Crippen molar-refractivity contribution in [3.8, 4) is 22.6 Å². The largest absolute Gasteiger partial charge is 0.486 e. The van der Waals surface area contributed by atoms with Crippen LogP contribution in [0.3, 0.4) is 0 Å². The molecule has 0 saturated heterocycles. The van der Waals surface area contributed by atoms with Crippen LogP contribution in [-0.4, -0.2) is 32.6 Å². The third-order valence-electron chi connectivity index (χ3n) is 8.50. The number of hydrogen-bond donors (Lipinski definition) is 0. The second kappa shape index (κ2) is 13.6. The summed E-state index contributed by atoms with van der Waals surface area (Å²) < 4.78 is 8.22. The van der Waals surface area contributed by atoms with E-state index in [1.807, 2.05) is 55.1 Å². The second-order valence-corrected chi connectivity index (χ2v) is 18.6. The Morgan fingerprint density at radius 2 is 1.74 bits per heavy atom. The molecule has 0 fully saturated rings. The molecular weight excluding hydrogens is 775 g/mol. The van der Waals surface area contributed by atoms with E-state index in [2.05, 4.69) is 98.8 Å². The Morgan fingerprint density at radius 1 is 0.957 bits per heavy atom. The van der Waals surface area contributed by atoms with Crippen molar-refractivity contribution in [3.63, 3.8) is 0 Å². The van der Waals surface area contributed by atoms with Crippen molar-refractivity contribution in [2.75, 3.05) is 0 Å².